The predicted octanol–water partition coefficient (Wildman–Crippen LogP) is 11.9. The zero-order valence-corrected chi connectivity index (χ0v) is 29.6. The highest BCUT2D eigenvalue weighted by atomic mass is 31.2. The van der Waals surface area contributed by atoms with Crippen molar-refractivity contribution in [3.8, 4) is 33.5 Å². The van der Waals surface area contributed by atoms with E-state index in [1.807, 2.05) is 91.0 Å². The van der Waals surface area contributed by atoms with Gasteiger partial charge in [0.1, 0.15) is 11.2 Å². The lowest BCUT2D eigenvalue weighted by molar-refractivity contribution is 0.592. The fraction of sp³-hybridized carbons (Fsp3) is 0. The van der Waals surface area contributed by atoms with Crippen molar-refractivity contribution in [3.63, 3.8) is 0 Å². The van der Waals surface area contributed by atoms with Crippen molar-refractivity contribution in [2.45, 2.75) is 0 Å². The molecule has 0 radical (unpaired) electrons. The number of furan rings is 1. The third kappa shape index (κ3) is 5.12. The van der Waals surface area contributed by atoms with Gasteiger partial charge in [0.05, 0.1) is 11.2 Å². The van der Waals surface area contributed by atoms with Crippen LogP contribution in [0.1, 0.15) is 0 Å². The molecule has 0 N–H and O–H groups in total. The summed E-state index contributed by atoms with van der Waals surface area (Å²) < 4.78 is 21.5. The van der Waals surface area contributed by atoms with Crippen LogP contribution >= 0.6 is 7.14 Å². The average molecular weight is 698 g/mol. The minimum atomic E-state index is -3.06. The van der Waals surface area contributed by atoms with Crippen LogP contribution in [0.2, 0.25) is 0 Å². The van der Waals surface area contributed by atoms with E-state index in [1.54, 1.807) is 0 Å². The van der Waals surface area contributed by atoms with Crippen molar-refractivity contribution >= 4 is 66.7 Å². The summed E-state index contributed by atoms with van der Waals surface area (Å²) in [4.78, 5) is 5.22. The molecular formula is C49H32NO2P. The molecule has 0 aliphatic carbocycles. The lowest BCUT2D eigenvalue weighted by Gasteiger charge is -2.20. The van der Waals surface area contributed by atoms with Crippen molar-refractivity contribution in [1.82, 2.24) is 4.98 Å². The van der Waals surface area contributed by atoms with Crippen molar-refractivity contribution in [2.75, 3.05) is 0 Å². The SMILES string of the molecule is O=P(c1ccccc1)(c1ccccc1)c1ccc(-c2ccc(-c3c4c(cc5c(-c6ccccc6)nc6ccccc6c35)oc3ccccc34)cc2)cc1. The van der Waals surface area contributed by atoms with Crippen LogP contribution in [0.3, 0.4) is 0 Å². The zero-order valence-electron chi connectivity index (χ0n) is 28.7. The van der Waals surface area contributed by atoms with Gasteiger partial charge in [0.2, 0.25) is 0 Å². The Balaban J connectivity index is 1.15. The first-order valence-electron chi connectivity index (χ1n) is 17.8. The quantitative estimate of drug-likeness (QED) is 0.128. The second-order valence-corrected chi connectivity index (χ2v) is 16.2. The summed E-state index contributed by atoms with van der Waals surface area (Å²) in [6.45, 7) is 0. The number of aromatic nitrogens is 1. The Bertz CT molecular complexity index is 2950. The first-order chi connectivity index (χ1) is 26.2. The molecule has 0 saturated heterocycles. The third-order valence-electron chi connectivity index (χ3n) is 10.4. The molecule has 10 aromatic rings. The van der Waals surface area contributed by atoms with Crippen molar-refractivity contribution < 1.29 is 8.98 Å². The number of para-hydroxylation sites is 2. The average Bonchev–Trinajstić information content (AvgIpc) is 3.61. The molecule has 2 heterocycles. The summed E-state index contributed by atoms with van der Waals surface area (Å²) >= 11 is 0. The Hall–Kier alpha value is -6.54. The summed E-state index contributed by atoms with van der Waals surface area (Å²) in [6.07, 6.45) is 0. The third-order valence-corrected chi connectivity index (χ3v) is 13.4. The smallest absolute Gasteiger partial charge is 0.171 e. The van der Waals surface area contributed by atoms with Crippen LogP contribution in [0.25, 0.3) is 77.1 Å². The number of rotatable bonds is 6. The van der Waals surface area contributed by atoms with Gasteiger partial charge in [-0.15, -0.1) is 0 Å². The Morgan fingerprint density at radius 3 is 1.57 bits per heavy atom. The molecule has 53 heavy (non-hydrogen) atoms. The molecule has 0 unspecified atom stereocenters. The maximum atomic E-state index is 14.9. The predicted molar refractivity (Wildman–Crippen MR) is 222 cm³/mol. The summed E-state index contributed by atoms with van der Waals surface area (Å²) in [5, 5.41) is 7.96. The van der Waals surface area contributed by atoms with Gasteiger partial charge in [-0.2, -0.15) is 0 Å². The van der Waals surface area contributed by atoms with Gasteiger partial charge in [0.15, 0.2) is 7.14 Å². The molecule has 0 amide bonds. The maximum absolute atomic E-state index is 14.9. The number of fused-ring (bicyclic) bond motifs is 6. The normalized spacial score (nSPS) is 11.8. The standard InChI is InChI=1S/C49H32NO2P/c51-53(37-16-6-2-7-17-37,38-18-8-3-9-19-38)39-30-28-34(29-31-39)33-24-26-35(27-25-33)46-47-40-20-10-12-22-43(40)50-49(36-14-4-1-5-15-36)42(47)32-45-48(46)41-21-11-13-23-44(41)52-45/h1-32H. The van der Waals surface area contributed by atoms with E-state index < -0.39 is 7.14 Å². The molecule has 0 aliphatic rings. The van der Waals surface area contributed by atoms with Gasteiger partial charge in [-0.3, -0.25) is 0 Å². The van der Waals surface area contributed by atoms with Gasteiger partial charge < -0.3 is 8.98 Å². The van der Waals surface area contributed by atoms with Gasteiger partial charge in [-0.05, 0) is 34.9 Å². The van der Waals surface area contributed by atoms with Crippen LogP contribution < -0.4 is 15.9 Å². The van der Waals surface area contributed by atoms with Crippen LogP contribution in [0.5, 0.6) is 0 Å². The van der Waals surface area contributed by atoms with Crippen LogP contribution in [0, 0.1) is 0 Å². The molecular weight excluding hydrogens is 666 g/mol. The summed E-state index contributed by atoms with van der Waals surface area (Å²) in [6, 6.07) is 66.0. The van der Waals surface area contributed by atoms with Gasteiger partial charge in [-0.25, -0.2) is 4.98 Å². The Morgan fingerprint density at radius 2 is 0.906 bits per heavy atom. The number of hydrogen-bond donors (Lipinski definition) is 0. The van der Waals surface area contributed by atoms with E-state index >= 15 is 0 Å². The molecule has 0 fully saturated rings. The highest BCUT2D eigenvalue weighted by Gasteiger charge is 2.29. The van der Waals surface area contributed by atoms with E-state index in [1.165, 1.54) is 0 Å². The summed E-state index contributed by atoms with van der Waals surface area (Å²) in [5.41, 5.74) is 9.02. The van der Waals surface area contributed by atoms with Crippen LogP contribution in [-0.2, 0) is 4.57 Å². The molecule has 3 nitrogen and oxygen atoms in total. The van der Waals surface area contributed by atoms with Crippen LogP contribution in [-0.4, -0.2) is 4.98 Å². The summed E-state index contributed by atoms with van der Waals surface area (Å²) in [7, 11) is -3.06. The number of hydrogen-bond acceptors (Lipinski definition) is 3. The van der Waals surface area contributed by atoms with Crippen LogP contribution in [0.15, 0.2) is 199 Å². The fourth-order valence-corrected chi connectivity index (χ4v) is 10.5. The zero-order chi connectivity index (χ0) is 35.4. The van der Waals surface area contributed by atoms with Crippen LogP contribution in [0.4, 0.5) is 0 Å². The molecule has 0 aliphatic heterocycles. The maximum Gasteiger partial charge on any atom is 0.171 e. The molecule has 0 saturated carbocycles. The minimum absolute atomic E-state index is 0.815. The van der Waals surface area contributed by atoms with Gasteiger partial charge in [0.25, 0.3) is 0 Å². The minimum Gasteiger partial charge on any atom is -0.456 e. The monoisotopic (exact) mass is 697 g/mol. The van der Waals surface area contributed by atoms with E-state index in [9.17, 15) is 4.57 Å². The van der Waals surface area contributed by atoms with Gasteiger partial charge in [0, 0.05) is 54.0 Å². The first kappa shape index (κ1) is 31.2. The lowest BCUT2D eigenvalue weighted by Crippen LogP contribution is -2.24. The first-order valence-corrected chi connectivity index (χ1v) is 19.5. The fourth-order valence-electron chi connectivity index (χ4n) is 7.84. The molecule has 0 spiro atoms. The molecule has 8 aromatic carbocycles. The summed E-state index contributed by atoms with van der Waals surface area (Å²) in [5.74, 6) is 0. The second-order valence-electron chi connectivity index (χ2n) is 13.4. The van der Waals surface area contributed by atoms with Gasteiger partial charge in [-0.1, -0.05) is 176 Å². The van der Waals surface area contributed by atoms with Crippen molar-refractivity contribution in [3.05, 3.63) is 194 Å². The molecule has 0 atom stereocenters. The Kier molecular flexibility index (Phi) is 7.42. The van der Waals surface area contributed by atoms with E-state index in [2.05, 4.69) is 103 Å². The second kappa shape index (κ2) is 12.6. The van der Waals surface area contributed by atoms with E-state index in [0.29, 0.717) is 0 Å². The molecule has 0 bridgehead atoms. The topological polar surface area (TPSA) is 43.1 Å². The highest BCUT2D eigenvalue weighted by molar-refractivity contribution is 7.85. The highest BCUT2D eigenvalue weighted by Crippen LogP contribution is 2.47. The Labute approximate surface area is 307 Å². The van der Waals surface area contributed by atoms with Gasteiger partial charge >= 0.3 is 0 Å². The largest absolute Gasteiger partial charge is 0.456 e. The lowest BCUT2D eigenvalue weighted by atomic mass is 9.89. The van der Waals surface area contributed by atoms with Crippen molar-refractivity contribution in [2.24, 2.45) is 0 Å². The van der Waals surface area contributed by atoms with E-state index in [4.69, 9.17) is 9.40 Å². The number of nitrogens with zero attached hydrogens (tertiary/aromatic N) is 1. The number of benzene rings is 8. The molecule has 2 aromatic heterocycles. The Morgan fingerprint density at radius 1 is 0.396 bits per heavy atom. The molecule has 10 rings (SSSR count). The molecule has 4 heteroatoms. The molecule has 250 valence electrons. The van der Waals surface area contributed by atoms with E-state index in [0.717, 1.165) is 93.0 Å². The van der Waals surface area contributed by atoms with E-state index in [-0.39, 0.29) is 0 Å². The number of pyridine rings is 1. The van der Waals surface area contributed by atoms with Crippen molar-refractivity contribution in [1.29, 1.82) is 0 Å².